The van der Waals surface area contributed by atoms with Crippen LogP contribution in [0.15, 0.2) is 21.9 Å². The Morgan fingerprint density at radius 3 is 2.65 bits per heavy atom. The third kappa shape index (κ3) is 2.82. The van der Waals surface area contributed by atoms with Crippen molar-refractivity contribution in [1.29, 1.82) is 0 Å². The number of aromatic nitrogens is 5. The molecular formula is C13H16N6O3S. The number of fused-ring (bicyclic) bond motifs is 1. The van der Waals surface area contributed by atoms with Gasteiger partial charge in [0, 0.05) is 20.0 Å². The van der Waals surface area contributed by atoms with Gasteiger partial charge in [0.1, 0.15) is 22.6 Å². The van der Waals surface area contributed by atoms with E-state index in [1.807, 2.05) is 6.92 Å². The number of nitrogens with one attached hydrogen (secondary N) is 1. The van der Waals surface area contributed by atoms with Gasteiger partial charge in [0.25, 0.3) is 0 Å². The lowest BCUT2D eigenvalue weighted by Crippen LogP contribution is -2.27. The van der Waals surface area contributed by atoms with Gasteiger partial charge in [-0.25, -0.2) is 22.8 Å². The molecule has 122 valence electrons. The molecule has 3 aromatic rings. The third-order valence-electron chi connectivity index (χ3n) is 3.58. The summed E-state index contributed by atoms with van der Waals surface area (Å²) >= 11 is 0. The summed E-state index contributed by atoms with van der Waals surface area (Å²) in [6.07, 6.45) is 1.86. The molecule has 0 fully saturated rings. The van der Waals surface area contributed by atoms with Gasteiger partial charge < -0.3 is 0 Å². The molecule has 0 amide bonds. The number of sulfonamides is 1. The van der Waals surface area contributed by atoms with Crippen LogP contribution < -0.4 is 4.72 Å². The molecule has 9 nitrogen and oxygen atoms in total. The van der Waals surface area contributed by atoms with Crippen molar-refractivity contribution in [2.75, 3.05) is 6.54 Å². The van der Waals surface area contributed by atoms with Crippen LogP contribution in [-0.4, -0.2) is 40.0 Å². The van der Waals surface area contributed by atoms with E-state index in [0.717, 1.165) is 5.56 Å². The average molecular weight is 336 g/mol. The molecule has 0 unspecified atom stereocenters. The molecule has 1 aromatic carbocycles. The largest absolute Gasteiger partial charge is 0.253 e. The highest BCUT2D eigenvalue weighted by atomic mass is 32.2. The van der Waals surface area contributed by atoms with Gasteiger partial charge in [-0.3, -0.25) is 4.68 Å². The van der Waals surface area contributed by atoms with E-state index in [1.165, 1.54) is 6.33 Å². The van der Waals surface area contributed by atoms with Gasteiger partial charge >= 0.3 is 0 Å². The molecule has 0 radical (unpaired) electrons. The molecule has 23 heavy (non-hydrogen) atoms. The van der Waals surface area contributed by atoms with Crippen LogP contribution in [0.1, 0.15) is 17.0 Å². The van der Waals surface area contributed by atoms with Crippen LogP contribution in [0.3, 0.4) is 0 Å². The zero-order chi connectivity index (χ0) is 16.6. The van der Waals surface area contributed by atoms with Crippen LogP contribution in [0.4, 0.5) is 0 Å². The smallest absolute Gasteiger partial charge is 0.243 e. The summed E-state index contributed by atoms with van der Waals surface area (Å²) in [5.41, 5.74) is 2.10. The summed E-state index contributed by atoms with van der Waals surface area (Å²) in [6, 6.07) is 1.75. The molecule has 1 N–H and O–H groups in total. The van der Waals surface area contributed by atoms with E-state index in [4.69, 9.17) is 4.63 Å². The van der Waals surface area contributed by atoms with Crippen LogP contribution in [0.2, 0.25) is 0 Å². The van der Waals surface area contributed by atoms with Crippen molar-refractivity contribution in [3.05, 3.63) is 29.3 Å². The highest BCUT2D eigenvalue weighted by Gasteiger charge is 2.24. The van der Waals surface area contributed by atoms with Crippen molar-refractivity contribution in [1.82, 2.24) is 29.8 Å². The molecule has 0 aliphatic rings. The van der Waals surface area contributed by atoms with Gasteiger partial charge in [-0.1, -0.05) is 6.07 Å². The summed E-state index contributed by atoms with van der Waals surface area (Å²) in [7, 11) is -1.98. The van der Waals surface area contributed by atoms with Crippen LogP contribution in [-0.2, 0) is 23.5 Å². The molecule has 0 saturated carbocycles. The molecule has 0 spiro atoms. The fourth-order valence-electron chi connectivity index (χ4n) is 2.50. The second-order valence-electron chi connectivity index (χ2n) is 5.25. The van der Waals surface area contributed by atoms with E-state index in [2.05, 4.69) is 25.1 Å². The van der Waals surface area contributed by atoms with Crippen molar-refractivity contribution in [2.24, 2.45) is 7.05 Å². The zero-order valence-corrected chi connectivity index (χ0v) is 13.8. The Hall–Kier alpha value is -2.33. The van der Waals surface area contributed by atoms with Gasteiger partial charge in [0.2, 0.25) is 10.0 Å². The van der Waals surface area contributed by atoms with E-state index < -0.39 is 10.0 Å². The normalized spacial score (nSPS) is 12.1. The summed E-state index contributed by atoms with van der Waals surface area (Å²) < 4.78 is 34.1. The molecule has 0 atom stereocenters. The SMILES string of the molecule is Cc1cc(C)c2nonc2c1S(=O)(=O)NCCc1ncnn1C. The maximum absolute atomic E-state index is 12.6. The van der Waals surface area contributed by atoms with Gasteiger partial charge in [-0.2, -0.15) is 5.10 Å². The van der Waals surface area contributed by atoms with Crippen LogP contribution in [0.25, 0.3) is 11.0 Å². The highest BCUT2D eigenvalue weighted by molar-refractivity contribution is 7.89. The monoisotopic (exact) mass is 336 g/mol. The van der Waals surface area contributed by atoms with Gasteiger partial charge in [-0.05, 0) is 35.3 Å². The minimum absolute atomic E-state index is 0.0947. The lowest BCUT2D eigenvalue weighted by atomic mass is 10.1. The van der Waals surface area contributed by atoms with Crippen molar-refractivity contribution < 1.29 is 13.0 Å². The molecule has 10 heteroatoms. The first-order valence-corrected chi connectivity index (χ1v) is 8.43. The molecule has 0 bridgehead atoms. The lowest BCUT2D eigenvalue weighted by Gasteiger charge is -2.10. The Balaban J connectivity index is 1.88. The molecular weight excluding hydrogens is 320 g/mol. The Kier molecular flexibility index (Phi) is 3.86. The highest BCUT2D eigenvalue weighted by Crippen LogP contribution is 2.26. The standard InChI is InChI=1S/C13H16N6O3S/c1-8-6-9(2)13(12-11(8)17-22-18-12)23(20,21)16-5-4-10-14-7-15-19(10)3/h6-7,16H,4-5H2,1-3H3. The molecule has 3 rings (SSSR count). The van der Waals surface area contributed by atoms with Crippen molar-refractivity contribution >= 4 is 21.1 Å². The predicted molar refractivity (Wildman–Crippen MR) is 81.2 cm³/mol. The summed E-state index contributed by atoms with van der Waals surface area (Å²) in [4.78, 5) is 4.15. The predicted octanol–water partition coefficient (Wildman–Crippen LogP) is 0.489. The maximum Gasteiger partial charge on any atom is 0.243 e. The van der Waals surface area contributed by atoms with E-state index in [9.17, 15) is 8.42 Å². The second-order valence-corrected chi connectivity index (χ2v) is 6.95. The zero-order valence-electron chi connectivity index (χ0n) is 12.9. The second kappa shape index (κ2) is 5.70. The number of nitrogens with zero attached hydrogens (tertiary/aromatic N) is 5. The molecule has 2 aromatic heterocycles. The first kappa shape index (κ1) is 15.6. The molecule has 2 heterocycles. The first-order chi connectivity index (χ1) is 10.9. The fraction of sp³-hybridized carbons (Fsp3) is 0.385. The van der Waals surface area contributed by atoms with Crippen molar-refractivity contribution in [3.8, 4) is 0 Å². The number of hydrogen-bond acceptors (Lipinski definition) is 7. The van der Waals surface area contributed by atoms with Crippen LogP contribution in [0.5, 0.6) is 0 Å². The summed E-state index contributed by atoms with van der Waals surface area (Å²) in [6.45, 7) is 3.75. The third-order valence-corrected chi connectivity index (χ3v) is 5.22. The quantitative estimate of drug-likeness (QED) is 0.720. The molecule has 0 aliphatic heterocycles. The van der Waals surface area contributed by atoms with Crippen LogP contribution >= 0.6 is 0 Å². The molecule has 0 saturated heterocycles. The number of benzene rings is 1. The van der Waals surface area contributed by atoms with Gasteiger partial charge in [-0.15, -0.1) is 0 Å². The Bertz CT molecular complexity index is 959. The van der Waals surface area contributed by atoms with E-state index in [-0.39, 0.29) is 17.0 Å². The fourth-order valence-corrected chi connectivity index (χ4v) is 3.88. The number of hydrogen-bond donors (Lipinski definition) is 1. The number of aryl methyl sites for hydroxylation is 3. The Morgan fingerprint density at radius 1 is 1.22 bits per heavy atom. The number of rotatable bonds is 5. The minimum atomic E-state index is -3.74. The van der Waals surface area contributed by atoms with Gasteiger partial charge in [0.05, 0.1) is 0 Å². The van der Waals surface area contributed by atoms with Crippen molar-refractivity contribution in [2.45, 2.75) is 25.2 Å². The molecule has 0 aliphatic carbocycles. The van der Waals surface area contributed by atoms with Crippen molar-refractivity contribution in [3.63, 3.8) is 0 Å². The van der Waals surface area contributed by atoms with E-state index in [1.54, 1.807) is 24.7 Å². The lowest BCUT2D eigenvalue weighted by molar-refractivity contribution is 0.315. The Morgan fingerprint density at radius 2 is 1.96 bits per heavy atom. The minimum Gasteiger partial charge on any atom is -0.253 e. The van der Waals surface area contributed by atoms with E-state index >= 15 is 0 Å². The Labute approximate surface area is 132 Å². The van der Waals surface area contributed by atoms with Crippen LogP contribution in [0, 0.1) is 13.8 Å². The maximum atomic E-state index is 12.6. The average Bonchev–Trinajstić information content (AvgIpc) is 3.08. The summed E-state index contributed by atoms with van der Waals surface area (Å²) in [5, 5.41) is 11.5. The van der Waals surface area contributed by atoms with Gasteiger partial charge in [0.15, 0.2) is 5.52 Å². The summed E-state index contributed by atoms with van der Waals surface area (Å²) in [5.74, 6) is 0.696. The topological polar surface area (TPSA) is 116 Å². The first-order valence-electron chi connectivity index (χ1n) is 6.95. The van der Waals surface area contributed by atoms with E-state index in [0.29, 0.717) is 23.3 Å².